The standard InChI is InChI=1S/C12H11N7S/c13-11-12(15-7-6-14-11)20-8-10-16-17-18-19(10)9-4-2-1-3-5-9/h1-7H,8H2,(H2,13,14). The van der Waals surface area contributed by atoms with E-state index >= 15 is 0 Å². The average Bonchev–Trinajstić information content (AvgIpc) is 2.96. The van der Waals surface area contributed by atoms with E-state index in [1.807, 2.05) is 30.3 Å². The number of para-hydroxylation sites is 1. The van der Waals surface area contributed by atoms with Crippen LogP contribution < -0.4 is 5.73 Å². The summed E-state index contributed by atoms with van der Waals surface area (Å²) in [7, 11) is 0. The highest BCUT2D eigenvalue weighted by Crippen LogP contribution is 2.23. The van der Waals surface area contributed by atoms with Crippen LogP contribution in [0.5, 0.6) is 0 Å². The van der Waals surface area contributed by atoms with Gasteiger partial charge in [-0.25, -0.2) is 9.97 Å². The first kappa shape index (κ1) is 12.5. The molecule has 0 saturated carbocycles. The Morgan fingerprint density at radius 2 is 1.90 bits per heavy atom. The third-order valence-electron chi connectivity index (χ3n) is 2.56. The molecule has 2 N–H and O–H groups in total. The lowest BCUT2D eigenvalue weighted by atomic mass is 10.3. The molecule has 0 radical (unpaired) electrons. The molecule has 0 aliphatic carbocycles. The van der Waals surface area contributed by atoms with Crippen LogP contribution in [0.4, 0.5) is 5.82 Å². The lowest BCUT2D eigenvalue weighted by Crippen LogP contribution is -2.02. The van der Waals surface area contributed by atoms with Gasteiger partial charge in [0, 0.05) is 12.4 Å². The van der Waals surface area contributed by atoms with Crippen molar-refractivity contribution in [2.75, 3.05) is 5.73 Å². The monoisotopic (exact) mass is 285 g/mol. The Morgan fingerprint density at radius 1 is 1.10 bits per heavy atom. The van der Waals surface area contributed by atoms with E-state index in [1.54, 1.807) is 17.1 Å². The fourth-order valence-corrected chi connectivity index (χ4v) is 2.43. The van der Waals surface area contributed by atoms with Crippen molar-refractivity contribution in [1.29, 1.82) is 0 Å². The molecule has 3 rings (SSSR count). The summed E-state index contributed by atoms with van der Waals surface area (Å²) in [5.41, 5.74) is 6.67. The summed E-state index contributed by atoms with van der Waals surface area (Å²) in [6.07, 6.45) is 3.17. The van der Waals surface area contributed by atoms with Crippen molar-refractivity contribution in [2.45, 2.75) is 10.8 Å². The van der Waals surface area contributed by atoms with Gasteiger partial charge in [-0.1, -0.05) is 30.0 Å². The van der Waals surface area contributed by atoms with E-state index in [1.165, 1.54) is 11.8 Å². The summed E-state index contributed by atoms with van der Waals surface area (Å²) in [5.74, 6) is 1.70. The Bertz CT molecular complexity index is 698. The number of aromatic nitrogens is 6. The number of hydrogen-bond acceptors (Lipinski definition) is 7. The van der Waals surface area contributed by atoms with Gasteiger partial charge in [-0.3, -0.25) is 0 Å². The molecule has 0 aliphatic rings. The molecule has 0 saturated heterocycles. The number of nitrogen functional groups attached to an aromatic ring is 1. The molecule has 3 aromatic rings. The molecule has 20 heavy (non-hydrogen) atoms. The summed E-state index contributed by atoms with van der Waals surface area (Å²) >= 11 is 1.45. The number of nitrogens with zero attached hydrogens (tertiary/aromatic N) is 6. The van der Waals surface area contributed by atoms with Crippen LogP contribution in [0.15, 0.2) is 47.8 Å². The van der Waals surface area contributed by atoms with E-state index in [0.29, 0.717) is 16.6 Å². The summed E-state index contributed by atoms with van der Waals surface area (Å²) in [6.45, 7) is 0. The lowest BCUT2D eigenvalue weighted by Gasteiger charge is -2.04. The van der Waals surface area contributed by atoms with Crippen molar-refractivity contribution in [2.24, 2.45) is 0 Å². The van der Waals surface area contributed by atoms with E-state index < -0.39 is 0 Å². The third kappa shape index (κ3) is 2.59. The molecule has 0 fully saturated rings. The van der Waals surface area contributed by atoms with E-state index in [-0.39, 0.29) is 0 Å². The smallest absolute Gasteiger partial charge is 0.166 e. The second-order valence-corrected chi connectivity index (χ2v) is 4.84. The van der Waals surface area contributed by atoms with Crippen LogP contribution >= 0.6 is 11.8 Å². The predicted octanol–water partition coefficient (Wildman–Crippen LogP) is 1.33. The van der Waals surface area contributed by atoms with Gasteiger partial charge in [0.25, 0.3) is 0 Å². The van der Waals surface area contributed by atoms with Crippen LogP contribution in [0.3, 0.4) is 0 Å². The van der Waals surface area contributed by atoms with Gasteiger partial charge in [-0.15, -0.1) is 5.10 Å². The molecule has 8 heteroatoms. The second kappa shape index (κ2) is 5.66. The van der Waals surface area contributed by atoms with Crippen molar-refractivity contribution in [1.82, 2.24) is 30.2 Å². The minimum Gasteiger partial charge on any atom is -0.381 e. The number of anilines is 1. The Hall–Kier alpha value is -2.48. The molecule has 0 bridgehead atoms. The van der Waals surface area contributed by atoms with Gasteiger partial charge in [-0.2, -0.15) is 4.68 Å². The summed E-state index contributed by atoms with van der Waals surface area (Å²) in [6, 6.07) is 9.72. The zero-order chi connectivity index (χ0) is 13.8. The summed E-state index contributed by atoms with van der Waals surface area (Å²) < 4.78 is 1.69. The largest absolute Gasteiger partial charge is 0.381 e. The minimum absolute atomic E-state index is 0.413. The molecule has 0 amide bonds. The second-order valence-electron chi connectivity index (χ2n) is 3.88. The van der Waals surface area contributed by atoms with Crippen molar-refractivity contribution in [3.63, 3.8) is 0 Å². The molecule has 7 nitrogen and oxygen atoms in total. The van der Waals surface area contributed by atoms with Crippen LogP contribution in [0.25, 0.3) is 5.69 Å². The van der Waals surface area contributed by atoms with E-state index in [2.05, 4.69) is 25.5 Å². The first-order valence-corrected chi connectivity index (χ1v) is 6.85. The fraction of sp³-hybridized carbons (Fsp3) is 0.0833. The van der Waals surface area contributed by atoms with E-state index in [9.17, 15) is 0 Å². The van der Waals surface area contributed by atoms with Crippen LogP contribution in [0, 0.1) is 0 Å². The Labute approximate surface area is 119 Å². The number of thioether (sulfide) groups is 1. The average molecular weight is 285 g/mol. The van der Waals surface area contributed by atoms with Crippen molar-refractivity contribution < 1.29 is 0 Å². The van der Waals surface area contributed by atoms with Crippen molar-refractivity contribution >= 4 is 17.6 Å². The van der Waals surface area contributed by atoms with Gasteiger partial charge in [0.2, 0.25) is 0 Å². The van der Waals surface area contributed by atoms with Crippen LogP contribution in [-0.2, 0) is 5.75 Å². The summed E-state index contributed by atoms with van der Waals surface area (Å²) in [5, 5.41) is 12.4. The molecule has 2 aromatic heterocycles. The maximum absolute atomic E-state index is 5.76. The predicted molar refractivity (Wildman–Crippen MR) is 75.2 cm³/mol. The molecule has 0 unspecified atom stereocenters. The van der Waals surface area contributed by atoms with E-state index in [0.717, 1.165) is 11.5 Å². The number of nitrogens with two attached hydrogens (primary N) is 1. The van der Waals surface area contributed by atoms with Crippen molar-refractivity contribution in [3.05, 3.63) is 48.5 Å². The molecule has 2 heterocycles. The van der Waals surface area contributed by atoms with Crippen LogP contribution in [0.2, 0.25) is 0 Å². The Balaban J connectivity index is 1.80. The van der Waals surface area contributed by atoms with E-state index in [4.69, 9.17) is 5.73 Å². The third-order valence-corrected chi connectivity index (χ3v) is 3.55. The van der Waals surface area contributed by atoms with Gasteiger partial charge in [0.1, 0.15) is 5.03 Å². The van der Waals surface area contributed by atoms with Gasteiger partial charge < -0.3 is 5.73 Å². The zero-order valence-electron chi connectivity index (χ0n) is 10.4. The maximum atomic E-state index is 5.76. The number of benzene rings is 1. The van der Waals surface area contributed by atoms with Crippen LogP contribution in [0.1, 0.15) is 5.82 Å². The minimum atomic E-state index is 0.413. The molecule has 100 valence electrons. The quantitative estimate of drug-likeness (QED) is 0.722. The lowest BCUT2D eigenvalue weighted by molar-refractivity contribution is 0.777. The number of tetrazole rings is 1. The first-order chi connectivity index (χ1) is 9.84. The highest BCUT2D eigenvalue weighted by molar-refractivity contribution is 7.98. The molecular weight excluding hydrogens is 274 g/mol. The van der Waals surface area contributed by atoms with Crippen LogP contribution in [-0.4, -0.2) is 30.2 Å². The fourth-order valence-electron chi connectivity index (χ4n) is 1.65. The normalized spacial score (nSPS) is 10.6. The molecule has 1 aromatic carbocycles. The molecular formula is C12H11N7S. The van der Waals surface area contributed by atoms with Gasteiger partial charge in [0.15, 0.2) is 11.6 Å². The SMILES string of the molecule is Nc1nccnc1SCc1nnnn1-c1ccccc1. The Kier molecular flexibility index (Phi) is 3.55. The Morgan fingerprint density at radius 3 is 2.70 bits per heavy atom. The molecule has 0 aliphatic heterocycles. The van der Waals surface area contributed by atoms with Crippen molar-refractivity contribution in [3.8, 4) is 5.69 Å². The van der Waals surface area contributed by atoms with Gasteiger partial charge in [-0.05, 0) is 22.6 Å². The summed E-state index contributed by atoms with van der Waals surface area (Å²) in [4.78, 5) is 8.17. The molecule has 0 atom stereocenters. The van der Waals surface area contributed by atoms with Gasteiger partial charge >= 0.3 is 0 Å². The maximum Gasteiger partial charge on any atom is 0.166 e. The number of rotatable bonds is 4. The highest BCUT2D eigenvalue weighted by atomic mass is 32.2. The molecule has 0 spiro atoms. The zero-order valence-corrected chi connectivity index (χ0v) is 11.2. The highest BCUT2D eigenvalue weighted by Gasteiger charge is 2.10. The van der Waals surface area contributed by atoms with Gasteiger partial charge in [0.05, 0.1) is 11.4 Å². The topological polar surface area (TPSA) is 95.4 Å². The first-order valence-electron chi connectivity index (χ1n) is 5.86. The number of hydrogen-bond donors (Lipinski definition) is 1.